The van der Waals surface area contributed by atoms with E-state index in [1.54, 1.807) is 0 Å². The van der Waals surface area contributed by atoms with Crippen LogP contribution >= 0.6 is 11.6 Å². The van der Waals surface area contributed by atoms with Crippen LogP contribution in [0.4, 0.5) is 5.69 Å². The predicted molar refractivity (Wildman–Crippen MR) is 78.6 cm³/mol. The zero-order valence-corrected chi connectivity index (χ0v) is 12.0. The number of piperazine rings is 1. The second kappa shape index (κ2) is 6.41. The van der Waals surface area contributed by atoms with Gasteiger partial charge in [-0.2, -0.15) is 0 Å². The summed E-state index contributed by atoms with van der Waals surface area (Å²) in [6, 6.07) is 8.71. The second-order valence-electron chi connectivity index (χ2n) is 4.88. The van der Waals surface area contributed by atoms with E-state index in [-0.39, 0.29) is 0 Å². The summed E-state index contributed by atoms with van der Waals surface area (Å²) in [5, 5.41) is 4.10. The van der Waals surface area contributed by atoms with Crippen molar-refractivity contribution in [3.8, 4) is 0 Å². The maximum absolute atomic E-state index is 6.24. The summed E-state index contributed by atoms with van der Waals surface area (Å²) in [6.45, 7) is 7.64. The van der Waals surface area contributed by atoms with Crippen molar-refractivity contribution in [2.45, 2.75) is 13.0 Å². The number of hydrogen-bond acceptors (Lipinski definition) is 3. The molecule has 0 bridgehead atoms. The summed E-state index contributed by atoms with van der Waals surface area (Å²) < 4.78 is 0. The lowest BCUT2D eigenvalue weighted by atomic mass is 10.2. The molecule has 1 aromatic carbocycles. The summed E-state index contributed by atoms with van der Waals surface area (Å²) in [4.78, 5) is 4.91. The van der Waals surface area contributed by atoms with E-state index in [1.165, 1.54) is 5.69 Å². The Morgan fingerprint density at radius 2 is 1.89 bits per heavy atom. The SMILES string of the molecule is CNCC(C)N1CCN(c2ccccc2Cl)CC1. The fourth-order valence-corrected chi connectivity index (χ4v) is 2.79. The third-order valence-electron chi connectivity index (χ3n) is 3.63. The number of benzene rings is 1. The van der Waals surface area contributed by atoms with Crippen molar-refractivity contribution in [1.82, 2.24) is 10.2 Å². The molecule has 1 aliphatic rings. The van der Waals surface area contributed by atoms with Gasteiger partial charge in [0.2, 0.25) is 0 Å². The van der Waals surface area contributed by atoms with E-state index in [9.17, 15) is 0 Å². The zero-order chi connectivity index (χ0) is 13.0. The van der Waals surface area contributed by atoms with Gasteiger partial charge in [0.25, 0.3) is 0 Å². The van der Waals surface area contributed by atoms with Crippen LogP contribution in [0.3, 0.4) is 0 Å². The third-order valence-corrected chi connectivity index (χ3v) is 3.95. The Balaban J connectivity index is 1.93. The van der Waals surface area contributed by atoms with Crippen LogP contribution in [-0.2, 0) is 0 Å². The van der Waals surface area contributed by atoms with Gasteiger partial charge in [0.15, 0.2) is 0 Å². The fourth-order valence-electron chi connectivity index (χ4n) is 2.54. The van der Waals surface area contributed by atoms with Gasteiger partial charge in [-0.25, -0.2) is 0 Å². The summed E-state index contributed by atoms with van der Waals surface area (Å²) >= 11 is 6.24. The van der Waals surface area contributed by atoms with Crippen molar-refractivity contribution in [2.24, 2.45) is 0 Å². The van der Waals surface area contributed by atoms with Gasteiger partial charge in [-0.05, 0) is 26.1 Å². The van der Waals surface area contributed by atoms with Gasteiger partial charge in [0, 0.05) is 38.8 Å². The van der Waals surface area contributed by atoms with Gasteiger partial charge < -0.3 is 10.2 Å². The van der Waals surface area contributed by atoms with Crippen LogP contribution in [0.15, 0.2) is 24.3 Å². The van der Waals surface area contributed by atoms with E-state index in [2.05, 4.69) is 34.2 Å². The number of nitrogens with zero attached hydrogens (tertiary/aromatic N) is 2. The fraction of sp³-hybridized carbons (Fsp3) is 0.571. The maximum atomic E-state index is 6.24. The number of likely N-dealkylation sites (N-methyl/N-ethyl adjacent to an activating group) is 1. The lowest BCUT2D eigenvalue weighted by Gasteiger charge is -2.39. The third kappa shape index (κ3) is 3.16. The predicted octanol–water partition coefficient (Wildman–Crippen LogP) is 2.07. The molecule has 1 atom stereocenters. The Labute approximate surface area is 115 Å². The molecule has 2 rings (SSSR count). The lowest BCUT2D eigenvalue weighted by Crippen LogP contribution is -2.51. The van der Waals surface area contributed by atoms with E-state index in [1.807, 2.05) is 19.2 Å². The maximum Gasteiger partial charge on any atom is 0.0639 e. The number of rotatable bonds is 4. The normalized spacial score (nSPS) is 18.9. The molecule has 0 spiro atoms. The first-order valence-corrected chi connectivity index (χ1v) is 6.98. The monoisotopic (exact) mass is 267 g/mol. The average Bonchev–Trinajstić information content (AvgIpc) is 2.40. The number of hydrogen-bond donors (Lipinski definition) is 1. The number of halogens is 1. The molecular weight excluding hydrogens is 246 g/mol. The first-order chi connectivity index (χ1) is 8.72. The molecule has 1 aromatic rings. The average molecular weight is 268 g/mol. The van der Waals surface area contributed by atoms with Crippen LogP contribution < -0.4 is 10.2 Å². The highest BCUT2D eigenvalue weighted by molar-refractivity contribution is 6.33. The van der Waals surface area contributed by atoms with E-state index in [0.717, 1.165) is 37.7 Å². The van der Waals surface area contributed by atoms with Crippen molar-refractivity contribution in [3.63, 3.8) is 0 Å². The van der Waals surface area contributed by atoms with Crippen LogP contribution in [0.5, 0.6) is 0 Å². The van der Waals surface area contributed by atoms with Gasteiger partial charge in [0.1, 0.15) is 0 Å². The summed E-state index contributed by atoms with van der Waals surface area (Å²) in [7, 11) is 2.01. The molecule has 1 aliphatic heterocycles. The molecular formula is C14H22ClN3. The van der Waals surface area contributed by atoms with Crippen LogP contribution in [0.25, 0.3) is 0 Å². The second-order valence-corrected chi connectivity index (χ2v) is 5.29. The van der Waals surface area contributed by atoms with Crippen molar-refractivity contribution in [1.29, 1.82) is 0 Å². The molecule has 1 unspecified atom stereocenters. The Morgan fingerprint density at radius 1 is 1.22 bits per heavy atom. The summed E-state index contributed by atoms with van der Waals surface area (Å²) in [6.07, 6.45) is 0. The summed E-state index contributed by atoms with van der Waals surface area (Å²) in [5.74, 6) is 0. The van der Waals surface area contributed by atoms with Crippen LogP contribution in [-0.4, -0.2) is 50.7 Å². The Bertz CT molecular complexity index is 375. The topological polar surface area (TPSA) is 18.5 Å². The molecule has 0 saturated carbocycles. The lowest BCUT2D eigenvalue weighted by molar-refractivity contribution is 0.195. The molecule has 4 heteroatoms. The highest BCUT2D eigenvalue weighted by Crippen LogP contribution is 2.26. The van der Waals surface area contributed by atoms with E-state index >= 15 is 0 Å². The van der Waals surface area contributed by atoms with Gasteiger partial charge in [-0.15, -0.1) is 0 Å². The molecule has 1 saturated heterocycles. The molecule has 1 fully saturated rings. The largest absolute Gasteiger partial charge is 0.368 e. The minimum Gasteiger partial charge on any atom is -0.368 e. The van der Waals surface area contributed by atoms with Gasteiger partial charge in [-0.3, -0.25) is 4.90 Å². The first-order valence-electron chi connectivity index (χ1n) is 6.60. The Hall–Kier alpha value is -0.770. The quantitative estimate of drug-likeness (QED) is 0.901. The molecule has 0 aliphatic carbocycles. The van der Waals surface area contributed by atoms with E-state index < -0.39 is 0 Å². The van der Waals surface area contributed by atoms with Crippen LogP contribution in [0.2, 0.25) is 5.02 Å². The molecule has 0 radical (unpaired) electrons. The minimum absolute atomic E-state index is 0.600. The van der Waals surface area contributed by atoms with Crippen LogP contribution in [0.1, 0.15) is 6.92 Å². The molecule has 0 amide bonds. The zero-order valence-electron chi connectivity index (χ0n) is 11.2. The molecule has 100 valence electrons. The molecule has 1 N–H and O–H groups in total. The minimum atomic E-state index is 0.600. The van der Waals surface area contributed by atoms with Gasteiger partial charge in [0.05, 0.1) is 10.7 Å². The summed E-state index contributed by atoms with van der Waals surface area (Å²) in [5.41, 5.74) is 1.17. The number of para-hydroxylation sites is 1. The number of nitrogens with one attached hydrogen (secondary N) is 1. The number of anilines is 1. The molecule has 3 nitrogen and oxygen atoms in total. The van der Waals surface area contributed by atoms with E-state index in [0.29, 0.717) is 6.04 Å². The smallest absolute Gasteiger partial charge is 0.0639 e. The standard InChI is InChI=1S/C14H22ClN3/c1-12(11-16-2)17-7-9-18(10-8-17)14-6-4-3-5-13(14)15/h3-6,12,16H,7-11H2,1-2H3. The Morgan fingerprint density at radius 3 is 2.50 bits per heavy atom. The molecule has 0 aromatic heterocycles. The molecule has 1 heterocycles. The highest BCUT2D eigenvalue weighted by atomic mass is 35.5. The van der Waals surface area contributed by atoms with Crippen molar-refractivity contribution in [2.75, 3.05) is 44.7 Å². The highest BCUT2D eigenvalue weighted by Gasteiger charge is 2.21. The van der Waals surface area contributed by atoms with Crippen molar-refractivity contribution >= 4 is 17.3 Å². The van der Waals surface area contributed by atoms with Crippen LogP contribution in [0, 0.1) is 0 Å². The van der Waals surface area contributed by atoms with E-state index in [4.69, 9.17) is 11.6 Å². The van der Waals surface area contributed by atoms with Gasteiger partial charge >= 0.3 is 0 Å². The molecule has 18 heavy (non-hydrogen) atoms. The van der Waals surface area contributed by atoms with Crippen molar-refractivity contribution in [3.05, 3.63) is 29.3 Å². The van der Waals surface area contributed by atoms with Crippen molar-refractivity contribution < 1.29 is 0 Å². The van der Waals surface area contributed by atoms with Gasteiger partial charge in [-0.1, -0.05) is 23.7 Å². The first kappa shape index (κ1) is 13.7. The Kier molecular flexibility index (Phi) is 4.87.